The van der Waals surface area contributed by atoms with Gasteiger partial charge in [0.2, 0.25) is 6.17 Å². The molecule has 0 aliphatic carbocycles. The van der Waals surface area contributed by atoms with Gasteiger partial charge in [-0.3, -0.25) is 14.5 Å². The molecule has 0 saturated heterocycles. The van der Waals surface area contributed by atoms with Gasteiger partial charge in [0.25, 0.3) is 5.91 Å². The van der Waals surface area contributed by atoms with E-state index >= 15 is 0 Å². The third kappa shape index (κ3) is 4.12. The number of hydrogen-bond acceptors (Lipinski definition) is 3. The van der Waals surface area contributed by atoms with Crippen LogP contribution in [0.4, 0.5) is 32.2 Å². The quantitative estimate of drug-likeness (QED) is 0.235. The second kappa shape index (κ2) is 9.00. The van der Waals surface area contributed by atoms with Crippen LogP contribution in [-0.2, 0) is 11.8 Å². The normalized spacial score (nSPS) is 12.0. The molecule has 0 aliphatic heterocycles. The fraction of sp³-hybridized carbons (Fsp3) is 0.0870. The third-order valence-electron chi connectivity index (χ3n) is 5.01. The van der Waals surface area contributed by atoms with Gasteiger partial charge in [-0.25, -0.2) is 26.3 Å². The van der Waals surface area contributed by atoms with Crippen LogP contribution in [-0.4, -0.2) is 20.7 Å². The monoisotopic (exact) mass is 476 g/mol. The van der Waals surface area contributed by atoms with E-state index in [0.717, 1.165) is 0 Å². The number of pyridine rings is 1. The van der Waals surface area contributed by atoms with E-state index < -0.39 is 46.7 Å². The number of nitrogens with one attached hydrogen (secondary N) is 1. The van der Waals surface area contributed by atoms with Crippen LogP contribution in [0.5, 0.6) is 0 Å². The number of carbonyl (C=O) groups is 1. The zero-order valence-corrected chi connectivity index (χ0v) is 17.3. The van der Waals surface area contributed by atoms with Crippen LogP contribution in [0.2, 0.25) is 0 Å². The fourth-order valence-electron chi connectivity index (χ4n) is 3.37. The Labute approximate surface area is 188 Å². The number of amides is 1. The van der Waals surface area contributed by atoms with Gasteiger partial charge in [-0.2, -0.15) is 5.10 Å². The van der Waals surface area contributed by atoms with Crippen molar-refractivity contribution < 1.29 is 31.1 Å². The van der Waals surface area contributed by atoms with Gasteiger partial charge in [-0.15, -0.1) is 0 Å². The Kier molecular flexibility index (Phi) is 6.10. The first-order valence-corrected chi connectivity index (χ1v) is 9.70. The summed E-state index contributed by atoms with van der Waals surface area (Å²) in [6.45, 7) is 0. The van der Waals surface area contributed by atoms with Gasteiger partial charge in [0, 0.05) is 30.6 Å². The van der Waals surface area contributed by atoms with Crippen molar-refractivity contribution in [3.8, 4) is 22.4 Å². The lowest BCUT2D eigenvalue weighted by Gasteiger charge is -2.13. The molecule has 0 aliphatic rings. The first kappa shape index (κ1) is 23.0. The molecule has 4 rings (SSSR count). The highest BCUT2D eigenvalue weighted by molar-refractivity contribution is 6.00. The number of nitrogens with zero attached hydrogens (tertiary/aromatic N) is 3. The van der Waals surface area contributed by atoms with E-state index in [1.165, 1.54) is 48.4 Å². The molecule has 2 aromatic heterocycles. The summed E-state index contributed by atoms with van der Waals surface area (Å²) in [5, 5.41) is 6.57. The minimum Gasteiger partial charge on any atom is -0.308 e. The predicted octanol–water partition coefficient (Wildman–Crippen LogP) is 5.49. The topological polar surface area (TPSA) is 59.8 Å². The highest BCUT2D eigenvalue weighted by atomic mass is 19.2. The van der Waals surface area contributed by atoms with E-state index in [1.807, 2.05) is 0 Å². The maximum absolute atomic E-state index is 14.8. The molecule has 2 aromatic carbocycles. The van der Waals surface area contributed by atoms with Crippen molar-refractivity contribution in [2.24, 2.45) is 7.05 Å². The van der Waals surface area contributed by atoms with E-state index in [-0.39, 0.29) is 11.9 Å². The number of hydrogen-bond donors (Lipinski definition) is 1. The fourth-order valence-corrected chi connectivity index (χ4v) is 3.37. The Morgan fingerprint density at radius 2 is 1.56 bits per heavy atom. The van der Waals surface area contributed by atoms with E-state index in [9.17, 15) is 31.1 Å². The predicted molar refractivity (Wildman–Crippen MR) is 111 cm³/mol. The molecule has 5 nitrogen and oxygen atoms in total. The molecule has 1 unspecified atom stereocenters. The summed E-state index contributed by atoms with van der Waals surface area (Å²) in [5.74, 6) is -10.2. The zero-order valence-electron chi connectivity index (χ0n) is 17.3. The number of halogens is 6. The van der Waals surface area contributed by atoms with Gasteiger partial charge >= 0.3 is 0 Å². The summed E-state index contributed by atoms with van der Waals surface area (Å²) in [7, 11) is 1.43. The van der Waals surface area contributed by atoms with Crippen LogP contribution in [0.25, 0.3) is 22.4 Å². The lowest BCUT2D eigenvalue weighted by Crippen LogP contribution is -2.21. The van der Waals surface area contributed by atoms with Gasteiger partial charge in [0.1, 0.15) is 17.3 Å². The number of rotatable bonds is 5. The van der Waals surface area contributed by atoms with E-state index in [2.05, 4.69) is 15.4 Å². The van der Waals surface area contributed by atoms with Crippen LogP contribution in [0, 0.1) is 29.1 Å². The average Bonchev–Trinajstić information content (AvgIpc) is 3.16. The largest absolute Gasteiger partial charge is 0.308 e. The Hall–Kier alpha value is -4.15. The van der Waals surface area contributed by atoms with Crippen LogP contribution < -0.4 is 5.32 Å². The minimum absolute atomic E-state index is 0.0401. The highest BCUT2D eigenvalue weighted by Crippen LogP contribution is 2.38. The first-order valence-electron chi connectivity index (χ1n) is 9.70. The lowest BCUT2D eigenvalue weighted by molar-refractivity contribution is -0.121. The first-order chi connectivity index (χ1) is 16.2. The number of alkyl halides is 1. The summed E-state index contributed by atoms with van der Waals surface area (Å²) < 4.78 is 83.7. The third-order valence-corrected chi connectivity index (χ3v) is 5.01. The smallest absolute Gasteiger partial charge is 0.264 e. The lowest BCUT2D eigenvalue weighted by atomic mass is 10.0. The summed E-state index contributed by atoms with van der Waals surface area (Å²) in [6, 6.07) is 8.55. The maximum atomic E-state index is 14.8. The van der Waals surface area contributed by atoms with E-state index in [0.29, 0.717) is 22.4 Å². The van der Waals surface area contributed by atoms with E-state index in [4.69, 9.17) is 0 Å². The molecule has 1 N–H and O–H groups in total. The number of aryl methyl sites for hydroxylation is 1. The van der Waals surface area contributed by atoms with Crippen LogP contribution in [0.1, 0.15) is 11.7 Å². The SMILES string of the molecule is Cn1nc(-c2ccc(F)cc2)c(-c2ccncc2)c1NC(=O)C(F)c1cc(F)c(F)c(F)c1F. The molecule has 174 valence electrons. The van der Waals surface area contributed by atoms with Gasteiger partial charge in [0.15, 0.2) is 23.3 Å². The molecular formula is C23H14F6N4O. The van der Waals surface area contributed by atoms with Crippen molar-refractivity contribution >= 4 is 11.7 Å². The molecule has 0 spiro atoms. The van der Waals surface area contributed by atoms with Gasteiger partial charge < -0.3 is 5.32 Å². The summed E-state index contributed by atoms with van der Waals surface area (Å²) in [5.41, 5.74) is 0.256. The van der Waals surface area contributed by atoms with Crippen LogP contribution in [0.3, 0.4) is 0 Å². The zero-order chi connectivity index (χ0) is 24.6. The van der Waals surface area contributed by atoms with Crippen molar-refractivity contribution in [3.63, 3.8) is 0 Å². The summed E-state index contributed by atoms with van der Waals surface area (Å²) in [6.07, 6.45) is 0.0404. The molecule has 0 bridgehead atoms. The Morgan fingerprint density at radius 1 is 0.912 bits per heavy atom. The summed E-state index contributed by atoms with van der Waals surface area (Å²) in [4.78, 5) is 16.5. The Balaban J connectivity index is 1.78. The van der Waals surface area contributed by atoms with E-state index in [1.54, 1.807) is 12.1 Å². The molecule has 11 heteroatoms. The van der Waals surface area contributed by atoms with Crippen LogP contribution >= 0.6 is 0 Å². The van der Waals surface area contributed by atoms with Crippen molar-refractivity contribution in [1.29, 1.82) is 0 Å². The number of benzene rings is 2. The molecule has 0 saturated carbocycles. The average molecular weight is 476 g/mol. The molecule has 0 radical (unpaired) electrons. The standard InChI is InChI=1S/C23H14F6N4O/c1-33-22(31-23(34)18(27)14-10-15(25)19(28)20(29)17(14)26)16(11-6-8-30-9-7-11)21(32-33)12-2-4-13(24)5-3-12/h2-10,18H,1H3,(H,31,34). The molecule has 0 fully saturated rings. The second-order valence-corrected chi connectivity index (χ2v) is 7.18. The number of anilines is 1. The second-order valence-electron chi connectivity index (χ2n) is 7.18. The highest BCUT2D eigenvalue weighted by Gasteiger charge is 2.31. The van der Waals surface area contributed by atoms with Crippen molar-refractivity contribution in [3.05, 3.63) is 89.5 Å². The van der Waals surface area contributed by atoms with Crippen molar-refractivity contribution in [2.45, 2.75) is 6.17 Å². The maximum Gasteiger partial charge on any atom is 0.264 e. The minimum atomic E-state index is -2.88. The molecule has 34 heavy (non-hydrogen) atoms. The van der Waals surface area contributed by atoms with Gasteiger partial charge in [-0.05, 0) is 48.0 Å². The molecule has 2 heterocycles. The Morgan fingerprint density at radius 3 is 2.21 bits per heavy atom. The van der Waals surface area contributed by atoms with Gasteiger partial charge in [0.05, 0.1) is 5.56 Å². The molecule has 1 amide bonds. The molecule has 1 atom stereocenters. The number of carbonyl (C=O) groups excluding carboxylic acids is 1. The van der Waals surface area contributed by atoms with Gasteiger partial charge in [-0.1, -0.05) is 0 Å². The van der Waals surface area contributed by atoms with Crippen LogP contribution in [0.15, 0.2) is 54.9 Å². The Bertz CT molecular complexity index is 1370. The molecule has 4 aromatic rings. The van der Waals surface area contributed by atoms with Crippen molar-refractivity contribution in [2.75, 3.05) is 5.32 Å². The molecular weight excluding hydrogens is 462 g/mol. The van der Waals surface area contributed by atoms with Crippen molar-refractivity contribution in [1.82, 2.24) is 14.8 Å². The summed E-state index contributed by atoms with van der Waals surface area (Å²) >= 11 is 0. The number of aromatic nitrogens is 3.